The molecule has 4 rings (SSSR count). The Morgan fingerprint density at radius 3 is 2.67 bits per heavy atom. The first-order chi connectivity index (χ1) is 13.2. The van der Waals surface area contributed by atoms with Gasteiger partial charge >= 0.3 is 0 Å². The number of nitrogens with two attached hydrogens (primary N) is 1. The van der Waals surface area contributed by atoms with Gasteiger partial charge in [0.15, 0.2) is 0 Å². The molecule has 0 amide bonds. The molecule has 3 N–H and O–H groups in total. The lowest BCUT2D eigenvalue weighted by Gasteiger charge is -2.40. The molecule has 3 heteroatoms. The summed E-state index contributed by atoms with van der Waals surface area (Å²) in [7, 11) is 0. The van der Waals surface area contributed by atoms with Gasteiger partial charge in [0, 0.05) is 18.0 Å². The maximum absolute atomic E-state index is 9.86. The molecule has 27 heavy (non-hydrogen) atoms. The van der Waals surface area contributed by atoms with E-state index in [1.165, 1.54) is 36.8 Å². The molecular weight excluding hydrogens is 334 g/mol. The Bertz CT molecular complexity index is 760. The van der Waals surface area contributed by atoms with Gasteiger partial charge in [-0.15, -0.1) is 0 Å². The van der Waals surface area contributed by atoms with Gasteiger partial charge in [0.2, 0.25) is 0 Å². The first-order valence-corrected chi connectivity index (χ1v) is 10.5. The summed E-state index contributed by atoms with van der Waals surface area (Å²) in [5.41, 5.74) is 9.15. The predicted octanol–water partition coefficient (Wildman–Crippen LogP) is 5.37. The third-order valence-corrected chi connectivity index (χ3v) is 6.44. The molecule has 0 aromatic heterocycles. The molecule has 1 saturated carbocycles. The number of phenolic OH excluding ortho intramolecular Hbond substituents is 1. The Morgan fingerprint density at radius 2 is 1.78 bits per heavy atom. The van der Waals surface area contributed by atoms with E-state index < -0.39 is 0 Å². The van der Waals surface area contributed by atoms with Crippen molar-refractivity contribution in [1.29, 1.82) is 0 Å². The van der Waals surface area contributed by atoms with Crippen molar-refractivity contribution in [3.8, 4) is 11.5 Å². The molecule has 0 heterocycles. The lowest BCUT2D eigenvalue weighted by atomic mass is 9.70. The average molecular weight is 366 g/mol. The zero-order valence-corrected chi connectivity index (χ0v) is 16.0. The number of aromatic hydroxyl groups is 1. The summed E-state index contributed by atoms with van der Waals surface area (Å²) in [5, 5.41) is 9.86. The highest BCUT2D eigenvalue weighted by Crippen LogP contribution is 2.45. The van der Waals surface area contributed by atoms with Gasteiger partial charge < -0.3 is 15.6 Å². The summed E-state index contributed by atoms with van der Waals surface area (Å²) < 4.78 is 6.53. The molecule has 4 unspecified atom stereocenters. The predicted molar refractivity (Wildman–Crippen MR) is 109 cm³/mol. The van der Waals surface area contributed by atoms with Crippen molar-refractivity contribution in [1.82, 2.24) is 0 Å². The Labute approximate surface area is 162 Å². The van der Waals surface area contributed by atoms with Crippen LogP contribution in [-0.4, -0.2) is 11.1 Å². The molecule has 0 bridgehead atoms. The van der Waals surface area contributed by atoms with Crippen LogP contribution in [0.3, 0.4) is 0 Å². The summed E-state index contributed by atoms with van der Waals surface area (Å²) in [4.78, 5) is 0. The largest absolute Gasteiger partial charge is 0.508 e. The van der Waals surface area contributed by atoms with Crippen LogP contribution in [-0.2, 0) is 6.42 Å². The van der Waals surface area contributed by atoms with Gasteiger partial charge in [0.25, 0.3) is 0 Å². The van der Waals surface area contributed by atoms with Crippen molar-refractivity contribution >= 4 is 0 Å². The minimum atomic E-state index is 0.0355. The number of fused-ring (bicyclic) bond motifs is 1. The Balaban J connectivity index is 1.64. The van der Waals surface area contributed by atoms with Crippen LogP contribution in [0.5, 0.6) is 11.5 Å². The zero-order chi connectivity index (χ0) is 18.6. The highest BCUT2D eigenvalue weighted by molar-refractivity contribution is 5.36. The SMILES string of the molecule is NC1CCCCCC(C2CCc3ccccc3C2Oc2cccc(O)c2)C1. The van der Waals surface area contributed by atoms with Crippen LogP contribution < -0.4 is 10.5 Å². The van der Waals surface area contributed by atoms with Crippen LogP contribution in [0.1, 0.15) is 62.2 Å². The van der Waals surface area contributed by atoms with Crippen LogP contribution in [0.15, 0.2) is 48.5 Å². The molecule has 0 aliphatic heterocycles. The minimum absolute atomic E-state index is 0.0355. The summed E-state index contributed by atoms with van der Waals surface area (Å²) >= 11 is 0. The van der Waals surface area contributed by atoms with Crippen molar-refractivity contribution in [2.75, 3.05) is 0 Å². The summed E-state index contributed by atoms with van der Waals surface area (Å²) in [5.74, 6) is 2.08. The van der Waals surface area contributed by atoms with Crippen molar-refractivity contribution in [3.05, 3.63) is 59.7 Å². The van der Waals surface area contributed by atoms with E-state index in [-0.39, 0.29) is 11.9 Å². The number of aryl methyl sites for hydroxylation is 1. The van der Waals surface area contributed by atoms with Crippen LogP contribution in [0.2, 0.25) is 0 Å². The number of rotatable bonds is 3. The van der Waals surface area contributed by atoms with E-state index in [9.17, 15) is 5.11 Å². The zero-order valence-electron chi connectivity index (χ0n) is 16.0. The highest BCUT2D eigenvalue weighted by atomic mass is 16.5. The molecule has 2 aliphatic carbocycles. The van der Waals surface area contributed by atoms with Crippen LogP contribution in [0.25, 0.3) is 0 Å². The maximum atomic E-state index is 9.86. The molecule has 3 nitrogen and oxygen atoms in total. The molecule has 0 saturated heterocycles. The second-order valence-electron chi connectivity index (χ2n) is 8.33. The van der Waals surface area contributed by atoms with Gasteiger partial charge in [-0.3, -0.25) is 0 Å². The Hall–Kier alpha value is -2.00. The molecule has 2 aromatic carbocycles. The standard InChI is InChI=1S/C24H31NO2/c25-19-9-3-1-2-8-18(15-19)23-14-13-17-7-4-5-12-22(17)24(23)27-21-11-6-10-20(26)16-21/h4-7,10-12,16,18-19,23-24,26H,1-3,8-9,13-15,25H2. The number of hydrogen-bond acceptors (Lipinski definition) is 3. The molecule has 4 atom stereocenters. The second kappa shape index (κ2) is 8.35. The van der Waals surface area contributed by atoms with Crippen LogP contribution in [0, 0.1) is 11.8 Å². The molecule has 1 fully saturated rings. The van der Waals surface area contributed by atoms with Gasteiger partial charge in [0.1, 0.15) is 17.6 Å². The van der Waals surface area contributed by atoms with Gasteiger partial charge in [-0.25, -0.2) is 0 Å². The van der Waals surface area contributed by atoms with Crippen LogP contribution >= 0.6 is 0 Å². The molecule has 0 radical (unpaired) electrons. The molecular formula is C24H31NO2. The van der Waals surface area contributed by atoms with Crippen molar-refractivity contribution in [2.24, 2.45) is 17.6 Å². The topological polar surface area (TPSA) is 55.5 Å². The average Bonchev–Trinajstić information content (AvgIpc) is 2.65. The van der Waals surface area contributed by atoms with E-state index in [4.69, 9.17) is 10.5 Å². The molecule has 144 valence electrons. The summed E-state index contributed by atoms with van der Waals surface area (Å²) in [6.07, 6.45) is 9.67. The van der Waals surface area contributed by atoms with E-state index >= 15 is 0 Å². The van der Waals surface area contributed by atoms with Gasteiger partial charge in [-0.05, 0) is 61.3 Å². The fourth-order valence-corrected chi connectivity index (χ4v) is 5.08. The third-order valence-electron chi connectivity index (χ3n) is 6.44. The summed E-state index contributed by atoms with van der Waals surface area (Å²) in [6.45, 7) is 0. The van der Waals surface area contributed by atoms with E-state index in [0.29, 0.717) is 17.9 Å². The van der Waals surface area contributed by atoms with Gasteiger partial charge in [0.05, 0.1) is 0 Å². The van der Waals surface area contributed by atoms with E-state index in [2.05, 4.69) is 24.3 Å². The Morgan fingerprint density at radius 1 is 0.926 bits per heavy atom. The lowest BCUT2D eigenvalue weighted by molar-refractivity contribution is 0.0653. The second-order valence-corrected chi connectivity index (χ2v) is 8.33. The normalized spacial score (nSPS) is 28.6. The van der Waals surface area contributed by atoms with Gasteiger partial charge in [-0.2, -0.15) is 0 Å². The molecule has 2 aromatic rings. The van der Waals surface area contributed by atoms with Gasteiger partial charge in [-0.1, -0.05) is 49.6 Å². The third kappa shape index (κ3) is 4.30. The van der Waals surface area contributed by atoms with E-state index in [1.54, 1.807) is 12.1 Å². The number of benzene rings is 2. The molecule has 2 aliphatic rings. The highest BCUT2D eigenvalue weighted by Gasteiger charge is 2.37. The van der Waals surface area contributed by atoms with Crippen molar-refractivity contribution in [2.45, 2.75) is 63.5 Å². The quantitative estimate of drug-likeness (QED) is 0.768. The van der Waals surface area contributed by atoms with E-state index in [1.807, 2.05) is 12.1 Å². The lowest BCUT2D eigenvalue weighted by Crippen LogP contribution is -2.35. The smallest absolute Gasteiger partial charge is 0.127 e. The maximum Gasteiger partial charge on any atom is 0.127 e. The van der Waals surface area contributed by atoms with E-state index in [0.717, 1.165) is 31.4 Å². The summed E-state index contributed by atoms with van der Waals surface area (Å²) in [6, 6.07) is 16.2. The van der Waals surface area contributed by atoms with Crippen molar-refractivity contribution in [3.63, 3.8) is 0 Å². The fourth-order valence-electron chi connectivity index (χ4n) is 5.08. The van der Waals surface area contributed by atoms with Crippen molar-refractivity contribution < 1.29 is 9.84 Å². The number of ether oxygens (including phenoxy) is 1. The molecule has 0 spiro atoms. The monoisotopic (exact) mass is 365 g/mol. The van der Waals surface area contributed by atoms with Crippen LogP contribution in [0.4, 0.5) is 0 Å². The number of hydrogen-bond donors (Lipinski definition) is 2. The minimum Gasteiger partial charge on any atom is -0.508 e. The number of phenols is 1. The fraction of sp³-hybridized carbons (Fsp3) is 0.500. The first-order valence-electron chi connectivity index (χ1n) is 10.5. The Kier molecular flexibility index (Phi) is 5.68. The first kappa shape index (κ1) is 18.4.